The SMILES string of the molecule is CCC(=CCO)c1cc2c(cc1OC)OC(C)(C)C=C2C(C)C. The first kappa shape index (κ1) is 17.6. The lowest BCUT2D eigenvalue weighted by molar-refractivity contribution is 0.156. The fourth-order valence-electron chi connectivity index (χ4n) is 3.09. The summed E-state index contributed by atoms with van der Waals surface area (Å²) in [5.74, 6) is 2.05. The molecule has 23 heavy (non-hydrogen) atoms. The zero-order chi connectivity index (χ0) is 17.2. The molecule has 1 aliphatic heterocycles. The molecule has 1 N–H and O–H groups in total. The van der Waals surface area contributed by atoms with Crippen LogP contribution in [0, 0.1) is 5.92 Å². The van der Waals surface area contributed by atoms with Crippen molar-refractivity contribution < 1.29 is 14.6 Å². The summed E-state index contributed by atoms with van der Waals surface area (Å²) >= 11 is 0. The Hall–Kier alpha value is -1.74. The molecule has 0 bridgehead atoms. The smallest absolute Gasteiger partial charge is 0.131 e. The molecule has 0 aromatic heterocycles. The molecule has 1 aromatic carbocycles. The summed E-state index contributed by atoms with van der Waals surface area (Å²) < 4.78 is 11.7. The minimum Gasteiger partial charge on any atom is -0.496 e. The molecule has 0 fully saturated rings. The molecule has 3 nitrogen and oxygen atoms in total. The molecule has 0 amide bonds. The number of methoxy groups -OCH3 is 1. The fourth-order valence-corrected chi connectivity index (χ4v) is 3.09. The number of aliphatic hydroxyl groups excluding tert-OH is 1. The third kappa shape index (κ3) is 3.61. The Kier molecular flexibility index (Phi) is 5.20. The van der Waals surface area contributed by atoms with Crippen LogP contribution < -0.4 is 9.47 Å². The second kappa shape index (κ2) is 6.79. The van der Waals surface area contributed by atoms with Crippen LogP contribution >= 0.6 is 0 Å². The second-order valence-corrected chi connectivity index (χ2v) is 6.77. The number of allylic oxidation sites excluding steroid dienone is 2. The first-order chi connectivity index (χ1) is 10.8. The van der Waals surface area contributed by atoms with Crippen molar-refractivity contribution in [1.29, 1.82) is 0 Å². The molecule has 0 saturated heterocycles. The summed E-state index contributed by atoms with van der Waals surface area (Å²) in [6, 6.07) is 4.11. The van der Waals surface area contributed by atoms with Crippen LogP contribution in [-0.4, -0.2) is 24.4 Å². The highest BCUT2D eigenvalue weighted by molar-refractivity contribution is 5.81. The van der Waals surface area contributed by atoms with Gasteiger partial charge < -0.3 is 14.6 Å². The molecule has 1 heterocycles. The van der Waals surface area contributed by atoms with Gasteiger partial charge in [-0.1, -0.05) is 26.8 Å². The van der Waals surface area contributed by atoms with Gasteiger partial charge in [0.1, 0.15) is 17.1 Å². The predicted octanol–water partition coefficient (Wildman–Crippen LogP) is 4.69. The molecule has 0 aliphatic carbocycles. The highest BCUT2D eigenvalue weighted by Crippen LogP contribution is 2.44. The summed E-state index contributed by atoms with van der Waals surface area (Å²) in [7, 11) is 1.67. The van der Waals surface area contributed by atoms with Gasteiger partial charge in [0.2, 0.25) is 0 Å². The van der Waals surface area contributed by atoms with Gasteiger partial charge in [0.05, 0.1) is 13.7 Å². The van der Waals surface area contributed by atoms with Crippen LogP contribution in [0.3, 0.4) is 0 Å². The van der Waals surface area contributed by atoms with E-state index in [1.807, 2.05) is 12.1 Å². The van der Waals surface area contributed by atoms with E-state index in [-0.39, 0.29) is 12.2 Å². The largest absolute Gasteiger partial charge is 0.496 e. The molecule has 1 aromatic rings. The van der Waals surface area contributed by atoms with Crippen LogP contribution in [0.4, 0.5) is 0 Å². The molecule has 3 heteroatoms. The van der Waals surface area contributed by atoms with Crippen molar-refractivity contribution in [1.82, 2.24) is 0 Å². The molecule has 0 unspecified atom stereocenters. The van der Waals surface area contributed by atoms with E-state index in [2.05, 4.69) is 46.8 Å². The molecule has 0 radical (unpaired) electrons. The fraction of sp³-hybridized carbons (Fsp3) is 0.500. The lowest BCUT2D eigenvalue weighted by Gasteiger charge is -2.33. The van der Waals surface area contributed by atoms with Crippen LogP contribution in [-0.2, 0) is 0 Å². The van der Waals surface area contributed by atoms with Gasteiger partial charge in [-0.15, -0.1) is 0 Å². The van der Waals surface area contributed by atoms with Gasteiger partial charge in [0.15, 0.2) is 0 Å². The Morgan fingerprint density at radius 3 is 2.57 bits per heavy atom. The van der Waals surface area contributed by atoms with Gasteiger partial charge in [-0.3, -0.25) is 0 Å². The van der Waals surface area contributed by atoms with Crippen molar-refractivity contribution in [3.8, 4) is 11.5 Å². The Morgan fingerprint density at radius 2 is 2.04 bits per heavy atom. The van der Waals surface area contributed by atoms with Gasteiger partial charge in [-0.2, -0.15) is 0 Å². The minimum atomic E-state index is -0.326. The maximum absolute atomic E-state index is 9.29. The monoisotopic (exact) mass is 316 g/mol. The lowest BCUT2D eigenvalue weighted by Crippen LogP contribution is -2.29. The van der Waals surface area contributed by atoms with Gasteiger partial charge in [-0.05, 0) is 49.5 Å². The predicted molar refractivity (Wildman–Crippen MR) is 95.9 cm³/mol. The van der Waals surface area contributed by atoms with E-state index in [0.29, 0.717) is 5.92 Å². The minimum absolute atomic E-state index is 0.0276. The average Bonchev–Trinajstić information content (AvgIpc) is 2.49. The van der Waals surface area contributed by atoms with Crippen molar-refractivity contribution in [2.45, 2.75) is 46.6 Å². The van der Waals surface area contributed by atoms with Crippen molar-refractivity contribution in [3.05, 3.63) is 35.4 Å². The van der Waals surface area contributed by atoms with Crippen LogP contribution in [0.1, 0.15) is 52.2 Å². The van der Waals surface area contributed by atoms with Crippen molar-refractivity contribution in [2.75, 3.05) is 13.7 Å². The third-order valence-corrected chi connectivity index (χ3v) is 4.18. The highest BCUT2D eigenvalue weighted by atomic mass is 16.5. The number of hydrogen-bond donors (Lipinski definition) is 1. The molecule has 1 aliphatic rings. The van der Waals surface area contributed by atoms with Crippen LogP contribution in [0.25, 0.3) is 11.1 Å². The topological polar surface area (TPSA) is 38.7 Å². The average molecular weight is 316 g/mol. The van der Waals surface area contributed by atoms with Crippen LogP contribution in [0.5, 0.6) is 11.5 Å². The van der Waals surface area contributed by atoms with E-state index in [1.54, 1.807) is 7.11 Å². The Bertz CT molecular complexity index is 637. The quantitative estimate of drug-likeness (QED) is 0.856. The first-order valence-corrected chi connectivity index (χ1v) is 8.27. The van der Waals surface area contributed by atoms with Crippen molar-refractivity contribution in [3.63, 3.8) is 0 Å². The number of hydrogen-bond acceptors (Lipinski definition) is 3. The Balaban J connectivity index is 2.67. The summed E-state index contributed by atoms with van der Waals surface area (Å²) in [5.41, 5.74) is 4.19. The van der Waals surface area contributed by atoms with E-state index in [0.717, 1.165) is 34.6 Å². The summed E-state index contributed by atoms with van der Waals surface area (Å²) in [6.45, 7) is 10.7. The van der Waals surface area contributed by atoms with Gasteiger partial charge in [0, 0.05) is 17.2 Å². The third-order valence-electron chi connectivity index (χ3n) is 4.18. The Morgan fingerprint density at radius 1 is 1.35 bits per heavy atom. The Labute approximate surface area is 139 Å². The van der Waals surface area contributed by atoms with Crippen molar-refractivity contribution >= 4 is 11.1 Å². The zero-order valence-electron chi connectivity index (χ0n) is 15.1. The molecule has 0 saturated carbocycles. The van der Waals surface area contributed by atoms with E-state index in [9.17, 15) is 5.11 Å². The van der Waals surface area contributed by atoms with Gasteiger partial charge in [-0.25, -0.2) is 0 Å². The number of ether oxygens (including phenoxy) is 2. The molecular weight excluding hydrogens is 288 g/mol. The van der Waals surface area contributed by atoms with E-state index >= 15 is 0 Å². The van der Waals surface area contributed by atoms with Crippen LogP contribution in [0.2, 0.25) is 0 Å². The number of fused-ring (bicyclic) bond motifs is 1. The number of benzene rings is 1. The standard InChI is InChI=1S/C20H28O3/c1-7-14(8-9-21)15-10-16-17(13(2)3)12-20(4,5)23-19(16)11-18(15)22-6/h8,10-13,21H,7,9H2,1-6H3. The highest BCUT2D eigenvalue weighted by Gasteiger charge is 2.29. The summed E-state index contributed by atoms with van der Waals surface area (Å²) in [4.78, 5) is 0. The molecule has 2 rings (SSSR count). The molecular formula is C20H28O3. The van der Waals surface area contributed by atoms with E-state index in [4.69, 9.17) is 9.47 Å². The number of rotatable bonds is 5. The lowest BCUT2D eigenvalue weighted by atomic mass is 9.86. The maximum atomic E-state index is 9.29. The van der Waals surface area contributed by atoms with Gasteiger partial charge >= 0.3 is 0 Å². The molecule has 126 valence electrons. The summed E-state index contributed by atoms with van der Waals surface area (Å²) in [6.07, 6.45) is 4.89. The van der Waals surface area contributed by atoms with E-state index < -0.39 is 0 Å². The van der Waals surface area contributed by atoms with Gasteiger partial charge in [0.25, 0.3) is 0 Å². The summed E-state index contributed by atoms with van der Waals surface area (Å²) in [5, 5.41) is 9.29. The van der Waals surface area contributed by atoms with E-state index in [1.165, 1.54) is 5.57 Å². The second-order valence-electron chi connectivity index (χ2n) is 6.77. The van der Waals surface area contributed by atoms with Crippen molar-refractivity contribution in [2.24, 2.45) is 5.92 Å². The molecule has 0 atom stereocenters. The maximum Gasteiger partial charge on any atom is 0.131 e. The normalized spacial score (nSPS) is 16.7. The zero-order valence-corrected chi connectivity index (χ0v) is 15.1. The molecule has 0 spiro atoms. The number of aliphatic hydroxyl groups is 1. The van der Waals surface area contributed by atoms with Crippen LogP contribution in [0.15, 0.2) is 24.3 Å². The first-order valence-electron chi connectivity index (χ1n) is 8.27.